The van der Waals surface area contributed by atoms with E-state index in [4.69, 9.17) is 0 Å². The van der Waals surface area contributed by atoms with Gasteiger partial charge in [-0.05, 0) is 12.8 Å². The van der Waals surface area contributed by atoms with E-state index in [0.29, 0.717) is 23.6 Å². The van der Waals surface area contributed by atoms with Gasteiger partial charge in [0.2, 0.25) is 0 Å². The zero-order valence-corrected chi connectivity index (χ0v) is 11.2. The lowest BCUT2D eigenvalue weighted by Crippen LogP contribution is -2.32. The molecule has 1 aliphatic rings. The van der Waals surface area contributed by atoms with Gasteiger partial charge < -0.3 is 5.32 Å². The first kappa shape index (κ1) is 12.3. The van der Waals surface area contributed by atoms with Gasteiger partial charge >= 0.3 is 0 Å². The predicted octanol–water partition coefficient (Wildman–Crippen LogP) is 0.662. The number of fused-ring (bicyclic) bond motifs is 1. The van der Waals surface area contributed by atoms with Crippen LogP contribution in [0.2, 0.25) is 0 Å². The molecule has 0 bridgehead atoms. The van der Waals surface area contributed by atoms with Crippen molar-refractivity contribution in [2.75, 3.05) is 6.54 Å². The third kappa shape index (κ3) is 2.40. The largest absolute Gasteiger partial charge is 0.312 e. The van der Waals surface area contributed by atoms with E-state index in [2.05, 4.69) is 15.4 Å². The minimum absolute atomic E-state index is 0.00804. The molecule has 2 heterocycles. The van der Waals surface area contributed by atoms with Crippen molar-refractivity contribution in [2.45, 2.75) is 38.3 Å². The van der Waals surface area contributed by atoms with Gasteiger partial charge in [0.05, 0.1) is 6.20 Å². The molecule has 6 heteroatoms. The molecule has 2 aromatic heterocycles. The number of nitrogens with one attached hydrogen (secondary N) is 1. The summed E-state index contributed by atoms with van der Waals surface area (Å²) >= 11 is 0. The van der Waals surface area contributed by atoms with E-state index < -0.39 is 0 Å². The molecule has 0 aromatic carbocycles. The first-order valence-electron chi connectivity index (χ1n) is 6.86. The van der Waals surface area contributed by atoms with Gasteiger partial charge in [-0.1, -0.05) is 12.8 Å². The van der Waals surface area contributed by atoms with E-state index in [1.54, 1.807) is 28.8 Å². The lowest BCUT2D eigenvalue weighted by molar-refractivity contribution is 0.491. The zero-order valence-electron chi connectivity index (χ0n) is 11.2. The maximum atomic E-state index is 12.2. The van der Waals surface area contributed by atoms with E-state index in [9.17, 15) is 4.79 Å². The van der Waals surface area contributed by atoms with Gasteiger partial charge in [-0.2, -0.15) is 5.10 Å². The van der Waals surface area contributed by atoms with Crippen molar-refractivity contribution in [1.29, 1.82) is 0 Å². The van der Waals surface area contributed by atoms with Crippen LogP contribution in [0.25, 0.3) is 11.0 Å². The Bertz CT molecular complexity index is 623. The number of hydrogen-bond donors (Lipinski definition) is 1. The highest BCUT2D eigenvalue weighted by molar-refractivity contribution is 5.72. The van der Waals surface area contributed by atoms with Crippen LogP contribution < -0.4 is 10.9 Å². The van der Waals surface area contributed by atoms with E-state index >= 15 is 0 Å². The summed E-state index contributed by atoms with van der Waals surface area (Å²) in [5, 5.41) is 8.16. The first-order valence-corrected chi connectivity index (χ1v) is 6.86. The van der Waals surface area contributed by atoms with Crippen LogP contribution in [0.5, 0.6) is 0 Å². The van der Waals surface area contributed by atoms with Crippen LogP contribution in [0.4, 0.5) is 0 Å². The molecule has 0 spiro atoms. The molecule has 1 N–H and O–H groups in total. The first-order chi connectivity index (χ1) is 9.25. The van der Waals surface area contributed by atoms with Crippen LogP contribution in [0.15, 0.2) is 17.3 Å². The molecule has 0 atom stereocenters. The molecule has 102 valence electrons. The van der Waals surface area contributed by atoms with Crippen molar-refractivity contribution in [3.05, 3.63) is 22.9 Å². The number of hydrogen-bond acceptors (Lipinski definition) is 4. The van der Waals surface area contributed by atoms with Crippen LogP contribution in [-0.2, 0) is 13.6 Å². The summed E-state index contributed by atoms with van der Waals surface area (Å²) in [6, 6.07) is 0.630. The summed E-state index contributed by atoms with van der Waals surface area (Å²) in [6.07, 6.45) is 8.36. The molecular formula is C13H19N5O. The molecule has 0 saturated heterocycles. The Labute approximate surface area is 111 Å². The minimum Gasteiger partial charge on any atom is -0.312 e. The van der Waals surface area contributed by atoms with Crippen molar-refractivity contribution < 1.29 is 0 Å². The van der Waals surface area contributed by atoms with Crippen LogP contribution in [-0.4, -0.2) is 31.9 Å². The van der Waals surface area contributed by atoms with Gasteiger partial charge in [0, 0.05) is 26.2 Å². The fraction of sp³-hybridized carbons (Fsp3) is 0.615. The highest BCUT2D eigenvalue weighted by Crippen LogP contribution is 2.17. The Morgan fingerprint density at radius 1 is 1.42 bits per heavy atom. The normalized spacial score (nSPS) is 16.5. The lowest BCUT2D eigenvalue weighted by Gasteiger charge is -2.12. The standard InChI is InChI=1S/C13H19N5O/c1-17-12-11(8-16-17)13(19)18(9-15-12)7-6-14-10-4-2-3-5-10/h8-10,14H,2-7H2,1H3. The molecule has 19 heavy (non-hydrogen) atoms. The average Bonchev–Trinajstić information content (AvgIpc) is 3.03. The minimum atomic E-state index is -0.00804. The molecule has 3 rings (SSSR count). The highest BCUT2D eigenvalue weighted by Gasteiger charge is 2.14. The zero-order chi connectivity index (χ0) is 13.2. The Morgan fingerprint density at radius 3 is 3.00 bits per heavy atom. The Hall–Kier alpha value is -1.69. The number of rotatable bonds is 4. The third-order valence-electron chi connectivity index (χ3n) is 3.86. The second-order valence-corrected chi connectivity index (χ2v) is 5.18. The summed E-state index contributed by atoms with van der Waals surface area (Å²) in [5.74, 6) is 0. The van der Waals surface area contributed by atoms with Crippen molar-refractivity contribution in [3.8, 4) is 0 Å². The fourth-order valence-electron chi connectivity index (χ4n) is 2.74. The molecule has 0 amide bonds. The van der Waals surface area contributed by atoms with Gasteiger partial charge in [-0.15, -0.1) is 0 Å². The molecule has 0 radical (unpaired) electrons. The monoisotopic (exact) mass is 261 g/mol. The molecule has 1 saturated carbocycles. The smallest absolute Gasteiger partial charge is 0.264 e. The van der Waals surface area contributed by atoms with E-state index in [1.807, 2.05) is 0 Å². The van der Waals surface area contributed by atoms with E-state index in [-0.39, 0.29) is 5.56 Å². The van der Waals surface area contributed by atoms with Crippen molar-refractivity contribution in [3.63, 3.8) is 0 Å². The molecule has 0 unspecified atom stereocenters. The maximum absolute atomic E-state index is 12.2. The number of nitrogens with zero attached hydrogens (tertiary/aromatic N) is 4. The highest BCUT2D eigenvalue weighted by atomic mass is 16.1. The van der Waals surface area contributed by atoms with Crippen LogP contribution in [0.3, 0.4) is 0 Å². The third-order valence-corrected chi connectivity index (χ3v) is 3.86. The van der Waals surface area contributed by atoms with Gasteiger partial charge in [0.15, 0.2) is 5.65 Å². The molecular weight excluding hydrogens is 242 g/mol. The van der Waals surface area contributed by atoms with E-state index in [1.165, 1.54) is 25.7 Å². The lowest BCUT2D eigenvalue weighted by atomic mass is 10.2. The predicted molar refractivity (Wildman–Crippen MR) is 73.0 cm³/mol. The summed E-state index contributed by atoms with van der Waals surface area (Å²) in [6.45, 7) is 1.48. The van der Waals surface area contributed by atoms with Crippen LogP contribution in [0, 0.1) is 0 Å². The number of aryl methyl sites for hydroxylation is 1. The van der Waals surface area contributed by atoms with Gasteiger partial charge in [-0.25, -0.2) is 4.98 Å². The molecule has 1 aliphatic carbocycles. The fourth-order valence-corrected chi connectivity index (χ4v) is 2.74. The summed E-state index contributed by atoms with van der Waals surface area (Å²) < 4.78 is 3.28. The van der Waals surface area contributed by atoms with Gasteiger partial charge in [-0.3, -0.25) is 14.0 Å². The summed E-state index contributed by atoms with van der Waals surface area (Å²) in [4.78, 5) is 16.5. The van der Waals surface area contributed by atoms with Crippen LogP contribution >= 0.6 is 0 Å². The quantitative estimate of drug-likeness (QED) is 0.878. The second kappa shape index (κ2) is 5.13. The Kier molecular flexibility index (Phi) is 3.33. The topological polar surface area (TPSA) is 64.7 Å². The SMILES string of the molecule is Cn1ncc2c(=O)n(CCNC3CCCC3)cnc21. The Balaban J connectivity index is 1.70. The molecule has 1 fully saturated rings. The van der Waals surface area contributed by atoms with Crippen molar-refractivity contribution in [2.24, 2.45) is 7.05 Å². The van der Waals surface area contributed by atoms with Crippen LogP contribution in [0.1, 0.15) is 25.7 Å². The molecule has 6 nitrogen and oxygen atoms in total. The molecule has 2 aromatic rings. The maximum Gasteiger partial charge on any atom is 0.264 e. The van der Waals surface area contributed by atoms with Crippen molar-refractivity contribution in [1.82, 2.24) is 24.6 Å². The van der Waals surface area contributed by atoms with E-state index in [0.717, 1.165) is 6.54 Å². The summed E-state index contributed by atoms with van der Waals surface area (Å²) in [5.41, 5.74) is 0.635. The summed E-state index contributed by atoms with van der Waals surface area (Å²) in [7, 11) is 1.79. The Morgan fingerprint density at radius 2 is 2.21 bits per heavy atom. The second-order valence-electron chi connectivity index (χ2n) is 5.18. The van der Waals surface area contributed by atoms with Gasteiger partial charge in [0.1, 0.15) is 11.7 Å². The molecule has 0 aliphatic heterocycles. The average molecular weight is 261 g/mol. The van der Waals surface area contributed by atoms with Crippen molar-refractivity contribution >= 4 is 11.0 Å². The van der Waals surface area contributed by atoms with Gasteiger partial charge in [0.25, 0.3) is 5.56 Å². The number of aromatic nitrogens is 4.